The molecule has 4 rings (SSSR count). The van der Waals surface area contributed by atoms with Gasteiger partial charge in [0.05, 0.1) is 11.9 Å². The van der Waals surface area contributed by atoms with E-state index in [2.05, 4.69) is 19.6 Å². The zero-order valence-electron chi connectivity index (χ0n) is 15.7. The molecule has 0 aliphatic heterocycles. The highest BCUT2D eigenvalue weighted by atomic mass is 32.1. The predicted molar refractivity (Wildman–Crippen MR) is 102 cm³/mol. The molecule has 26 heavy (non-hydrogen) atoms. The molecule has 3 fully saturated rings. The van der Waals surface area contributed by atoms with E-state index in [9.17, 15) is 19.8 Å². The van der Waals surface area contributed by atoms with E-state index in [0.717, 1.165) is 25.7 Å². The molecule has 2 N–H and O–H groups in total. The molecule has 0 aromatic rings. The van der Waals surface area contributed by atoms with Crippen LogP contribution in [-0.2, 0) is 9.59 Å². The zero-order chi connectivity index (χ0) is 18.9. The van der Waals surface area contributed by atoms with Gasteiger partial charge in [-0.3, -0.25) is 9.59 Å². The van der Waals surface area contributed by atoms with Gasteiger partial charge in [0.25, 0.3) is 0 Å². The Labute approximate surface area is 160 Å². The molecule has 0 bridgehead atoms. The number of aliphatic hydroxyl groups is 2. The Balaban J connectivity index is 1.74. The maximum Gasteiger partial charge on any atom is 0.174 e. The van der Waals surface area contributed by atoms with E-state index >= 15 is 0 Å². The molecule has 0 radical (unpaired) electrons. The molecule has 0 aromatic heterocycles. The Bertz CT molecular complexity index is 687. The lowest BCUT2D eigenvalue weighted by Crippen LogP contribution is -2.61. The van der Waals surface area contributed by atoms with Crippen molar-refractivity contribution in [2.75, 3.05) is 5.75 Å². The first kappa shape index (κ1) is 18.7. The summed E-state index contributed by atoms with van der Waals surface area (Å²) in [7, 11) is 0. The van der Waals surface area contributed by atoms with Crippen molar-refractivity contribution in [3.63, 3.8) is 0 Å². The number of allylic oxidation sites excluding steroid dienone is 1. The van der Waals surface area contributed by atoms with Gasteiger partial charge in [-0.25, -0.2) is 0 Å². The van der Waals surface area contributed by atoms with Crippen molar-refractivity contribution in [1.29, 1.82) is 0 Å². The fourth-order valence-electron chi connectivity index (χ4n) is 7.28. The second kappa shape index (κ2) is 5.92. The zero-order valence-corrected chi connectivity index (χ0v) is 16.6. The quantitative estimate of drug-likeness (QED) is 0.646. The maximum absolute atomic E-state index is 12.5. The third-order valence-electron chi connectivity index (χ3n) is 8.65. The first-order valence-electron chi connectivity index (χ1n) is 9.96. The third kappa shape index (κ3) is 2.23. The van der Waals surface area contributed by atoms with Crippen molar-refractivity contribution in [1.82, 2.24) is 0 Å². The molecule has 0 amide bonds. The Morgan fingerprint density at radius 2 is 2.00 bits per heavy atom. The molecule has 4 aliphatic rings. The number of fused-ring (bicyclic) bond motifs is 5. The van der Waals surface area contributed by atoms with Crippen LogP contribution in [-0.4, -0.2) is 39.2 Å². The van der Waals surface area contributed by atoms with E-state index in [0.29, 0.717) is 25.2 Å². The summed E-state index contributed by atoms with van der Waals surface area (Å²) in [6.45, 7) is 4.22. The SMILES string of the molecule is C[C@]12CCC(=O)C=C1CC[C@@H]1[C@@H]2[C@@H](O)C[C@]2(C)[C@H]1CC[C@]2(O)C(=O)CS. The van der Waals surface area contributed by atoms with Gasteiger partial charge in [-0.2, -0.15) is 12.6 Å². The number of rotatable bonds is 2. The number of aliphatic hydroxyl groups excluding tert-OH is 1. The Morgan fingerprint density at radius 3 is 2.69 bits per heavy atom. The standard InChI is InChI=1S/C21H30O4S/c1-19-7-5-13(22)9-12(19)3-4-14-15-6-8-21(25,17(24)11-26)20(15,2)10-16(23)18(14)19/h9,14-16,18,23,25-26H,3-8,10-11H2,1-2H3/t14-,15-,16-,18+,19-,20+,21-/m0/s1. The number of Topliss-reactive ketones (excluding diaryl/α,β-unsaturated/α-hetero) is 1. The van der Waals surface area contributed by atoms with Crippen molar-refractivity contribution in [2.45, 2.75) is 70.5 Å². The summed E-state index contributed by atoms with van der Waals surface area (Å²) in [6, 6.07) is 0. The normalized spacial score (nSPS) is 50.5. The summed E-state index contributed by atoms with van der Waals surface area (Å²) >= 11 is 4.13. The molecule has 0 spiro atoms. The van der Waals surface area contributed by atoms with Crippen LogP contribution >= 0.6 is 12.6 Å². The first-order valence-corrected chi connectivity index (χ1v) is 10.6. The van der Waals surface area contributed by atoms with E-state index in [4.69, 9.17) is 0 Å². The van der Waals surface area contributed by atoms with Gasteiger partial charge in [0.15, 0.2) is 11.6 Å². The van der Waals surface area contributed by atoms with Gasteiger partial charge in [-0.15, -0.1) is 0 Å². The van der Waals surface area contributed by atoms with Gasteiger partial charge < -0.3 is 10.2 Å². The molecule has 0 unspecified atom stereocenters. The average molecular weight is 379 g/mol. The number of hydrogen-bond donors (Lipinski definition) is 3. The van der Waals surface area contributed by atoms with Crippen LogP contribution in [0.2, 0.25) is 0 Å². The van der Waals surface area contributed by atoms with E-state index in [1.54, 1.807) is 0 Å². The van der Waals surface area contributed by atoms with Crippen LogP contribution in [0.15, 0.2) is 11.6 Å². The van der Waals surface area contributed by atoms with Gasteiger partial charge in [0, 0.05) is 11.8 Å². The summed E-state index contributed by atoms with van der Waals surface area (Å²) in [6.07, 6.45) is 6.21. The molecule has 0 saturated heterocycles. The summed E-state index contributed by atoms with van der Waals surface area (Å²) < 4.78 is 0. The van der Waals surface area contributed by atoms with Crippen LogP contribution in [0, 0.1) is 28.6 Å². The Hall–Kier alpha value is -0.650. The average Bonchev–Trinajstić information content (AvgIpc) is 2.86. The van der Waals surface area contributed by atoms with Gasteiger partial charge in [0.1, 0.15) is 5.60 Å². The van der Waals surface area contributed by atoms with E-state index in [-0.39, 0.29) is 34.6 Å². The highest BCUT2D eigenvalue weighted by Gasteiger charge is 2.68. The molecule has 0 heterocycles. The predicted octanol–water partition coefficient (Wildman–Crippen LogP) is 2.72. The minimum atomic E-state index is -1.37. The lowest BCUT2D eigenvalue weighted by molar-refractivity contribution is -0.178. The van der Waals surface area contributed by atoms with Gasteiger partial charge in [-0.05, 0) is 67.8 Å². The van der Waals surface area contributed by atoms with E-state index in [1.165, 1.54) is 5.57 Å². The molecular formula is C21H30O4S. The molecule has 144 valence electrons. The highest BCUT2D eigenvalue weighted by molar-refractivity contribution is 7.81. The maximum atomic E-state index is 12.5. The molecule has 0 aromatic carbocycles. The van der Waals surface area contributed by atoms with Crippen molar-refractivity contribution in [3.8, 4) is 0 Å². The van der Waals surface area contributed by atoms with Crippen LogP contribution in [0.3, 0.4) is 0 Å². The molecule has 4 nitrogen and oxygen atoms in total. The highest BCUT2D eigenvalue weighted by Crippen LogP contribution is 2.67. The second-order valence-corrected chi connectivity index (χ2v) is 9.87. The third-order valence-corrected chi connectivity index (χ3v) is 8.94. The molecule has 3 saturated carbocycles. The topological polar surface area (TPSA) is 74.6 Å². The number of ketones is 2. The number of carbonyl (C=O) groups excluding carboxylic acids is 2. The van der Waals surface area contributed by atoms with Crippen LogP contribution in [0.4, 0.5) is 0 Å². The van der Waals surface area contributed by atoms with Crippen LogP contribution < -0.4 is 0 Å². The van der Waals surface area contributed by atoms with Crippen LogP contribution in [0.1, 0.15) is 58.8 Å². The van der Waals surface area contributed by atoms with E-state index < -0.39 is 17.1 Å². The summed E-state index contributed by atoms with van der Waals surface area (Å²) in [5.41, 5.74) is -0.885. The van der Waals surface area contributed by atoms with E-state index in [1.807, 2.05) is 13.0 Å². The molecular weight excluding hydrogens is 348 g/mol. The summed E-state index contributed by atoms with van der Waals surface area (Å²) in [4.78, 5) is 24.4. The summed E-state index contributed by atoms with van der Waals surface area (Å²) in [5, 5.41) is 22.5. The van der Waals surface area contributed by atoms with Gasteiger partial charge in [0.2, 0.25) is 0 Å². The van der Waals surface area contributed by atoms with Gasteiger partial charge >= 0.3 is 0 Å². The number of thiol groups is 1. The fourth-order valence-corrected chi connectivity index (χ4v) is 7.54. The van der Waals surface area contributed by atoms with Crippen LogP contribution in [0.25, 0.3) is 0 Å². The van der Waals surface area contributed by atoms with Crippen molar-refractivity contribution < 1.29 is 19.8 Å². The fraction of sp³-hybridized carbons (Fsp3) is 0.810. The second-order valence-electron chi connectivity index (χ2n) is 9.56. The summed E-state index contributed by atoms with van der Waals surface area (Å²) in [5.74, 6) is 0.683. The number of hydrogen-bond acceptors (Lipinski definition) is 5. The molecule has 4 aliphatic carbocycles. The monoisotopic (exact) mass is 378 g/mol. The first-order chi connectivity index (χ1) is 12.2. The van der Waals surface area contributed by atoms with Crippen molar-refractivity contribution in [3.05, 3.63) is 11.6 Å². The molecule has 7 atom stereocenters. The molecule has 5 heteroatoms. The smallest absolute Gasteiger partial charge is 0.174 e. The minimum absolute atomic E-state index is 0.0374. The minimum Gasteiger partial charge on any atom is -0.393 e. The van der Waals surface area contributed by atoms with Crippen LogP contribution in [0.5, 0.6) is 0 Å². The lowest BCUT2D eigenvalue weighted by atomic mass is 9.45. The Morgan fingerprint density at radius 1 is 1.27 bits per heavy atom. The largest absolute Gasteiger partial charge is 0.393 e. The van der Waals surface area contributed by atoms with Crippen molar-refractivity contribution >= 4 is 24.2 Å². The van der Waals surface area contributed by atoms with Crippen molar-refractivity contribution in [2.24, 2.45) is 28.6 Å². The van der Waals surface area contributed by atoms with Gasteiger partial charge in [-0.1, -0.05) is 19.4 Å². The number of carbonyl (C=O) groups is 2. The lowest BCUT2D eigenvalue weighted by Gasteiger charge is -2.60. The Kier molecular flexibility index (Phi) is 4.26.